The number of nitrogens with one attached hydrogen (secondary N) is 2. The van der Waals surface area contributed by atoms with Crippen LogP contribution in [0.4, 0.5) is 5.82 Å². The van der Waals surface area contributed by atoms with Gasteiger partial charge in [0, 0.05) is 36.7 Å². The number of anilines is 1. The summed E-state index contributed by atoms with van der Waals surface area (Å²) in [5.74, 6) is 0.552. The number of amides is 1. The van der Waals surface area contributed by atoms with E-state index in [-0.39, 0.29) is 5.91 Å². The molecule has 2 N–H and O–H groups in total. The van der Waals surface area contributed by atoms with E-state index < -0.39 is 0 Å². The fourth-order valence-corrected chi connectivity index (χ4v) is 3.50. The van der Waals surface area contributed by atoms with Crippen molar-refractivity contribution in [1.82, 2.24) is 20.1 Å². The van der Waals surface area contributed by atoms with Crippen molar-refractivity contribution in [1.29, 1.82) is 0 Å². The third-order valence-corrected chi connectivity index (χ3v) is 5.14. The summed E-state index contributed by atoms with van der Waals surface area (Å²) in [7, 11) is 0. The summed E-state index contributed by atoms with van der Waals surface area (Å²) in [6.07, 6.45) is 2.92. The second-order valence-corrected chi connectivity index (χ2v) is 7.15. The second kappa shape index (κ2) is 9.22. The predicted molar refractivity (Wildman–Crippen MR) is 119 cm³/mol. The average Bonchev–Trinajstić information content (AvgIpc) is 3.21. The number of hydrogen-bond donors (Lipinski definition) is 2. The van der Waals surface area contributed by atoms with Crippen molar-refractivity contribution >= 4 is 22.6 Å². The number of carbonyl (C=O) groups is 1. The minimum atomic E-state index is -0.112. The number of H-pyrrole nitrogens is 1. The smallest absolute Gasteiger partial charge is 0.274 e. The van der Waals surface area contributed by atoms with Crippen molar-refractivity contribution in [3.8, 4) is 0 Å². The molecule has 0 aliphatic heterocycles. The zero-order valence-corrected chi connectivity index (χ0v) is 17.0. The third kappa shape index (κ3) is 4.49. The van der Waals surface area contributed by atoms with E-state index in [1.165, 1.54) is 10.9 Å². The van der Waals surface area contributed by atoms with Crippen molar-refractivity contribution in [3.05, 3.63) is 89.7 Å². The Morgan fingerprint density at radius 2 is 1.80 bits per heavy atom. The van der Waals surface area contributed by atoms with Gasteiger partial charge in [-0.05, 0) is 42.7 Å². The molecule has 6 nitrogen and oxygen atoms in total. The second-order valence-electron chi connectivity index (χ2n) is 7.15. The molecule has 2 aromatic heterocycles. The van der Waals surface area contributed by atoms with Crippen LogP contribution in [0.2, 0.25) is 0 Å². The van der Waals surface area contributed by atoms with Crippen molar-refractivity contribution in [2.75, 3.05) is 18.4 Å². The Morgan fingerprint density at radius 3 is 2.57 bits per heavy atom. The number of rotatable bonds is 8. The maximum atomic E-state index is 12.8. The van der Waals surface area contributed by atoms with Crippen LogP contribution >= 0.6 is 0 Å². The van der Waals surface area contributed by atoms with Crippen LogP contribution in [0.1, 0.15) is 28.5 Å². The number of carbonyl (C=O) groups excluding carboxylic acids is 1. The molecule has 152 valence electrons. The van der Waals surface area contributed by atoms with Crippen LogP contribution in [0.5, 0.6) is 0 Å². The Labute approximate surface area is 176 Å². The van der Waals surface area contributed by atoms with Gasteiger partial charge in [0.15, 0.2) is 5.69 Å². The number of nitrogens with zero attached hydrogens (tertiary/aromatic N) is 3. The van der Waals surface area contributed by atoms with Gasteiger partial charge in [-0.3, -0.25) is 4.79 Å². The van der Waals surface area contributed by atoms with E-state index in [9.17, 15) is 4.79 Å². The lowest BCUT2D eigenvalue weighted by atomic mass is 10.1. The van der Waals surface area contributed by atoms with Crippen LogP contribution < -0.4 is 5.32 Å². The van der Waals surface area contributed by atoms with Gasteiger partial charge >= 0.3 is 0 Å². The summed E-state index contributed by atoms with van der Waals surface area (Å²) in [5, 5.41) is 12.9. The molecule has 4 aromatic rings. The predicted octanol–water partition coefficient (Wildman–Crippen LogP) is 4.27. The highest BCUT2D eigenvalue weighted by Gasteiger charge is 2.16. The molecule has 0 atom stereocenters. The van der Waals surface area contributed by atoms with E-state index >= 15 is 0 Å². The Morgan fingerprint density at radius 1 is 1.00 bits per heavy atom. The molecule has 0 saturated heterocycles. The van der Waals surface area contributed by atoms with Crippen molar-refractivity contribution in [2.45, 2.75) is 19.9 Å². The summed E-state index contributed by atoms with van der Waals surface area (Å²) in [6.45, 7) is 3.87. The van der Waals surface area contributed by atoms with Gasteiger partial charge in [-0.15, -0.1) is 10.2 Å². The van der Waals surface area contributed by atoms with E-state index in [1.54, 1.807) is 11.0 Å². The maximum absolute atomic E-state index is 12.8. The number of para-hydroxylation sites is 1. The van der Waals surface area contributed by atoms with E-state index in [2.05, 4.69) is 32.6 Å². The molecule has 1 amide bonds. The lowest BCUT2D eigenvalue weighted by molar-refractivity contribution is 0.0745. The SMILES string of the molecule is CCN(Cc1ccccc1)C(=O)c1ccc(NCCc2c[nH]c3ccccc23)nn1. The van der Waals surface area contributed by atoms with Gasteiger partial charge in [-0.25, -0.2) is 0 Å². The first-order chi connectivity index (χ1) is 14.7. The highest BCUT2D eigenvalue weighted by atomic mass is 16.2. The van der Waals surface area contributed by atoms with Crippen molar-refractivity contribution in [2.24, 2.45) is 0 Å². The van der Waals surface area contributed by atoms with Gasteiger partial charge in [0.1, 0.15) is 5.82 Å². The molecule has 2 aromatic carbocycles. The molecule has 0 aliphatic rings. The molecule has 0 unspecified atom stereocenters. The molecule has 0 radical (unpaired) electrons. The largest absolute Gasteiger partial charge is 0.368 e. The zero-order chi connectivity index (χ0) is 20.8. The molecule has 2 heterocycles. The highest BCUT2D eigenvalue weighted by molar-refractivity contribution is 5.92. The van der Waals surface area contributed by atoms with Gasteiger partial charge in [-0.1, -0.05) is 48.5 Å². The average molecular weight is 399 g/mol. The topological polar surface area (TPSA) is 73.9 Å². The lowest BCUT2D eigenvalue weighted by Gasteiger charge is -2.20. The Kier molecular flexibility index (Phi) is 6.03. The fraction of sp³-hybridized carbons (Fsp3) is 0.208. The van der Waals surface area contributed by atoms with Crippen molar-refractivity contribution in [3.63, 3.8) is 0 Å². The molecule has 4 rings (SSSR count). The quantitative estimate of drug-likeness (QED) is 0.464. The number of aromatic nitrogens is 3. The minimum Gasteiger partial charge on any atom is -0.368 e. The molecular formula is C24H25N5O. The molecule has 0 fully saturated rings. The summed E-state index contributed by atoms with van der Waals surface area (Å²) in [5.41, 5.74) is 3.86. The van der Waals surface area contributed by atoms with E-state index in [1.807, 2.05) is 61.7 Å². The maximum Gasteiger partial charge on any atom is 0.274 e. The van der Waals surface area contributed by atoms with E-state index in [4.69, 9.17) is 0 Å². The lowest BCUT2D eigenvalue weighted by Crippen LogP contribution is -2.31. The summed E-state index contributed by atoms with van der Waals surface area (Å²) < 4.78 is 0. The molecule has 0 bridgehead atoms. The monoisotopic (exact) mass is 399 g/mol. The van der Waals surface area contributed by atoms with Crippen LogP contribution in [0.15, 0.2) is 72.9 Å². The van der Waals surface area contributed by atoms with Crippen LogP contribution in [0, 0.1) is 0 Å². The van der Waals surface area contributed by atoms with Crippen LogP contribution in [0.3, 0.4) is 0 Å². The Hall–Kier alpha value is -3.67. The first-order valence-electron chi connectivity index (χ1n) is 10.2. The molecule has 0 saturated carbocycles. The first kappa shape index (κ1) is 19.6. The summed E-state index contributed by atoms with van der Waals surface area (Å²) in [6, 6.07) is 21.8. The molecule has 0 aliphatic carbocycles. The van der Waals surface area contributed by atoms with E-state index in [0.717, 1.165) is 24.0 Å². The number of aromatic amines is 1. The Bertz CT molecular complexity index is 1110. The number of benzene rings is 2. The standard InChI is InChI=1S/C24H25N5O/c1-2-29(17-18-8-4-3-5-9-18)24(30)22-12-13-23(28-27-22)25-15-14-19-16-26-21-11-7-6-10-20(19)21/h3-13,16,26H,2,14-15,17H2,1H3,(H,25,28). The first-order valence-corrected chi connectivity index (χ1v) is 10.2. The van der Waals surface area contributed by atoms with Gasteiger partial charge in [0.25, 0.3) is 5.91 Å². The number of fused-ring (bicyclic) bond motifs is 1. The summed E-state index contributed by atoms with van der Waals surface area (Å²) >= 11 is 0. The van der Waals surface area contributed by atoms with Gasteiger partial charge in [-0.2, -0.15) is 0 Å². The van der Waals surface area contributed by atoms with Crippen LogP contribution in [-0.2, 0) is 13.0 Å². The normalized spacial score (nSPS) is 10.8. The minimum absolute atomic E-state index is 0.112. The Balaban J connectivity index is 1.34. The summed E-state index contributed by atoms with van der Waals surface area (Å²) in [4.78, 5) is 17.8. The van der Waals surface area contributed by atoms with Gasteiger partial charge in [0.2, 0.25) is 0 Å². The van der Waals surface area contributed by atoms with Crippen LogP contribution in [-0.4, -0.2) is 39.1 Å². The van der Waals surface area contributed by atoms with Crippen LogP contribution in [0.25, 0.3) is 10.9 Å². The molecule has 30 heavy (non-hydrogen) atoms. The molecule has 6 heteroatoms. The van der Waals surface area contributed by atoms with E-state index in [0.29, 0.717) is 24.6 Å². The molecular weight excluding hydrogens is 374 g/mol. The fourth-order valence-electron chi connectivity index (χ4n) is 3.50. The number of hydrogen-bond acceptors (Lipinski definition) is 4. The molecule has 0 spiro atoms. The third-order valence-electron chi connectivity index (χ3n) is 5.14. The highest BCUT2D eigenvalue weighted by Crippen LogP contribution is 2.18. The van der Waals surface area contributed by atoms with Gasteiger partial charge < -0.3 is 15.2 Å². The zero-order valence-electron chi connectivity index (χ0n) is 17.0. The van der Waals surface area contributed by atoms with Crippen molar-refractivity contribution < 1.29 is 4.79 Å². The van der Waals surface area contributed by atoms with Gasteiger partial charge in [0.05, 0.1) is 0 Å².